The molecule has 1 atom stereocenters. The van der Waals surface area contributed by atoms with E-state index in [-0.39, 0.29) is 30.8 Å². The Hall–Kier alpha value is -3.02. The third-order valence-electron chi connectivity index (χ3n) is 6.33. The van der Waals surface area contributed by atoms with Gasteiger partial charge in [-0.05, 0) is 50.1 Å². The molecule has 0 spiro atoms. The summed E-state index contributed by atoms with van der Waals surface area (Å²) >= 11 is 0. The first-order valence-electron chi connectivity index (χ1n) is 11.1. The predicted octanol–water partition coefficient (Wildman–Crippen LogP) is 3.55. The Balaban J connectivity index is 1.31. The summed E-state index contributed by atoms with van der Waals surface area (Å²) in [5, 5.41) is 0. The number of rotatable bonds is 4. The van der Waals surface area contributed by atoms with Gasteiger partial charge in [-0.1, -0.05) is 24.3 Å². The van der Waals surface area contributed by atoms with E-state index in [1.165, 1.54) is 16.8 Å². The van der Waals surface area contributed by atoms with Crippen molar-refractivity contribution in [2.45, 2.75) is 39.7 Å². The van der Waals surface area contributed by atoms with Crippen molar-refractivity contribution in [2.24, 2.45) is 0 Å². The third kappa shape index (κ3) is 4.53. The SMILES string of the molecule is Cc1cccc(N2CCN(C(=O)CCC(=O)N3C[C@H](C)Oc4ccccc43)CC2)c1C. The third-order valence-corrected chi connectivity index (χ3v) is 6.33. The molecule has 2 heterocycles. The minimum absolute atomic E-state index is 0.0232. The molecule has 2 aromatic carbocycles. The topological polar surface area (TPSA) is 53.1 Å². The average molecular weight is 422 g/mol. The van der Waals surface area contributed by atoms with E-state index in [9.17, 15) is 9.59 Å². The molecule has 0 aliphatic carbocycles. The highest BCUT2D eigenvalue weighted by atomic mass is 16.5. The molecule has 164 valence electrons. The second kappa shape index (κ2) is 9.00. The highest BCUT2D eigenvalue weighted by Crippen LogP contribution is 2.33. The molecule has 0 unspecified atom stereocenters. The van der Waals surface area contributed by atoms with Crippen LogP contribution in [0, 0.1) is 13.8 Å². The molecule has 0 radical (unpaired) electrons. The van der Waals surface area contributed by atoms with Gasteiger partial charge in [-0.15, -0.1) is 0 Å². The van der Waals surface area contributed by atoms with Crippen LogP contribution in [-0.4, -0.2) is 55.5 Å². The largest absolute Gasteiger partial charge is 0.487 e. The average Bonchev–Trinajstić information content (AvgIpc) is 2.78. The van der Waals surface area contributed by atoms with Crippen LogP contribution in [0.25, 0.3) is 0 Å². The van der Waals surface area contributed by atoms with Crippen LogP contribution in [0.2, 0.25) is 0 Å². The lowest BCUT2D eigenvalue weighted by atomic mass is 10.1. The predicted molar refractivity (Wildman–Crippen MR) is 123 cm³/mol. The van der Waals surface area contributed by atoms with Crippen molar-refractivity contribution < 1.29 is 14.3 Å². The van der Waals surface area contributed by atoms with Crippen molar-refractivity contribution in [3.05, 3.63) is 53.6 Å². The normalized spacial score (nSPS) is 18.4. The maximum absolute atomic E-state index is 12.9. The number of ether oxygens (including phenoxy) is 1. The molecule has 6 heteroatoms. The monoisotopic (exact) mass is 421 g/mol. The van der Waals surface area contributed by atoms with Crippen LogP contribution in [0.3, 0.4) is 0 Å². The fraction of sp³-hybridized carbons (Fsp3) is 0.440. The first kappa shape index (κ1) is 21.2. The van der Waals surface area contributed by atoms with E-state index in [1.54, 1.807) is 4.90 Å². The van der Waals surface area contributed by atoms with Gasteiger partial charge in [0.25, 0.3) is 0 Å². The van der Waals surface area contributed by atoms with E-state index in [0.29, 0.717) is 19.6 Å². The van der Waals surface area contributed by atoms with Crippen molar-refractivity contribution in [1.82, 2.24) is 4.90 Å². The molecule has 31 heavy (non-hydrogen) atoms. The lowest BCUT2D eigenvalue weighted by Crippen LogP contribution is -2.49. The van der Waals surface area contributed by atoms with Crippen LogP contribution in [0.15, 0.2) is 42.5 Å². The fourth-order valence-corrected chi connectivity index (χ4v) is 4.41. The maximum atomic E-state index is 12.9. The van der Waals surface area contributed by atoms with Gasteiger partial charge in [0.05, 0.1) is 12.2 Å². The van der Waals surface area contributed by atoms with Crippen molar-refractivity contribution >= 4 is 23.2 Å². The second-order valence-corrected chi connectivity index (χ2v) is 8.49. The summed E-state index contributed by atoms with van der Waals surface area (Å²) in [6.45, 7) is 9.77. The standard InChI is InChI=1S/C25H31N3O3/c1-18-7-6-9-21(20(18)3)26-13-15-27(16-14-26)24(29)11-12-25(30)28-17-19(2)31-23-10-5-4-8-22(23)28/h4-10,19H,11-17H2,1-3H3/t19-/m0/s1. The van der Waals surface area contributed by atoms with Gasteiger partial charge in [0, 0.05) is 44.7 Å². The molecular formula is C25H31N3O3. The number of nitrogens with zero attached hydrogens (tertiary/aromatic N) is 3. The Morgan fingerprint density at radius 1 is 0.903 bits per heavy atom. The molecule has 0 bridgehead atoms. The summed E-state index contributed by atoms with van der Waals surface area (Å²) < 4.78 is 5.82. The molecule has 6 nitrogen and oxygen atoms in total. The minimum Gasteiger partial charge on any atom is -0.487 e. The van der Waals surface area contributed by atoms with Gasteiger partial charge in [-0.25, -0.2) is 0 Å². The summed E-state index contributed by atoms with van der Waals surface area (Å²) in [4.78, 5) is 31.7. The van der Waals surface area contributed by atoms with Gasteiger partial charge in [-0.3, -0.25) is 9.59 Å². The van der Waals surface area contributed by atoms with Crippen LogP contribution in [-0.2, 0) is 9.59 Å². The number of carbonyl (C=O) groups is 2. The summed E-state index contributed by atoms with van der Waals surface area (Å²) in [5.41, 5.74) is 4.63. The van der Waals surface area contributed by atoms with Gasteiger partial charge in [0.2, 0.25) is 11.8 Å². The lowest BCUT2D eigenvalue weighted by Gasteiger charge is -2.37. The molecule has 0 saturated carbocycles. The zero-order valence-corrected chi connectivity index (χ0v) is 18.6. The van der Waals surface area contributed by atoms with Gasteiger partial charge < -0.3 is 19.4 Å². The molecule has 2 amide bonds. The maximum Gasteiger partial charge on any atom is 0.227 e. The van der Waals surface area contributed by atoms with E-state index in [0.717, 1.165) is 24.5 Å². The summed E-state index contributed by atoms with van der Waals surface area (Å²) in [7, 11) is 0. The molecule has 2 aliphatic rings. The molecule has 1 fully saturated rings. The van der Waals surface area contributed by atoms with Gasteiger partial charge in [0.15, 0.2) is 0 Å². The van der Waals surface area contributed by atoms with Crippen LogP contribution in [0.1, 0.15) is 30.9 Å². The van der Waals surface area contributed by atoms with E-state index >= 15 is 0 Å². The van der Waals surface area contributed by atoms with Crippen LogP contribution in [0.4, 0.5) is 11.4 Å². The second-order valence-electron chi connectivity index (χ2n) is 8.49. The number of fused-ring (bicyclic) bond motifs is 1. The molecule has 0 N–H and O–H groups in total. The number of anilines is 2. The minimum atomic E-state index is -0.0623. The van der Waals surface area contributed by atoms with Crippen LogP contribution >= 0.6 is 0 Å². The molecule has 0 aromatic heterocycles. The number of para-hydroxylation sites is 2. The van der Waals surface area contributed by atoms with Crippen molar-refractivity contribution in [3.8, 4) is 5.75 Å². The zero-order valence-electron chi connectivity index (χ0n) is 18.6. The number of hydrogen-bond donors (Lipinski definition) is 0. The molecule has 4 rings (SSSR count). The van der Waals surface area contributed by atoms with Crippen molar-refractivity contribution in [1.29, 1.82) is 0 Å². The number of benzene rings is 2. The van der Waals surface area contributed by atoms with Crippen LogP contribution in [0.5, 0.6) is 5.75 Å². The number of carbonyl (C=O) groups excluding carboxylic acids is 2. The molecule has 1 saturated heterocycles. The molecular weight excluding hydrogens is 390 g/mol. The summed E-state index contributed by atoms with van der Waals surface area (Å²) in [5.74, 6) is 0.761. The summed E-state index contributed by atoms with van der Waals surface area (Å²) in [6.07, 6.45) is 0.403. The van der Waals surface area contributed by atoms with E-state index in [2.05, 4.69) is 36.9 Å². The number of aryl methyl sites for hydroxylation is 1. The molecule has 2 aliphatic heterocycles. The van der Waals surface area contributed by atoms with E-state index < -0.39 is 0 Å². The van der Waals surface area contributed by atoms with Gasteiger partial charge >= 0.3 is 0 Å². The fourth-order valence-electron chi connectivity index (χ4n) is 4.41. The Labute approximate surface area is 184 Å². The van der Waals surface area contributed by atoms with Gasteiger partial charge in [-0.2, -0.15) is 0 Å². The Morgan fingerprint density at radius 3 is 2.35 bits per heavy atom. The zero-order chi connectivity index (χ0) is 22.0. The highest BCUT2D eigenvalue weighted by Gasteiger charge is 2.28. The van der Waals surface area contributed by atoms with E-state index in [1.807, 2.05) is 36.1 Å². The smallest absolute Gasteiger partial charge is 0.227 e. The highest BCUT2D eigenvalue weighted by molar-refractivity contribution is 5.97. The van der Waals surface area contributed by atoms with Crippen LogP contribution < -0.4 is 14.5 Å². The number of piperazine rings is 1. The Morgan fingerprint density at radius 2 is 1.58 bits per heavy atom. The first-order valence-corrected chi connectivity index (χ1v) is 11.1. The first-order chi connectivity index (χ1) is 14.9. The van der Waals surface area contributed by atoms with Crippen molar-refractivity contribution in [3.63, 3.8) is 0 Å². The quantitative estimate of drug-likeness (QED) is 0.758. The Bertz CT molecular complexity index is 966. The number of hydrogen-bond acceptors (Lipinski definition) is 4. The lowest BCUT2D eigenvalue weighted by molar-refractivity contribution is -0.133. The van der Waals surface area contributed by atoms with Crippen molar-refractivity contribution in [2.75, 3.05) is 42.5 Å². The van der Waals surface area contributed by atoms with E-state index in [4.69, 9.17) is 4.74 Å². The summed E-state index contributed by atoms with van der Waals surface area (Å²) in [6, 6.07) is 14.0. The Kier molecular flexibility index (Phi) is 6.16. The number of amides is 2. The van der Waals surface area contributed by atoms with Gasteiger partial charge in [0.1, 0.15) is 11.9 Å². The molecule has 2 aromatic rings.